The summed E-state index contributed by atoms with van der Waals surface area (Å²) in [5, 5.41) is 0. The molecule has 0 saturated carbocycles. The van der Waals surface area contributed by atoms with Gasteiger partial charge in [-0.3, -0.25) is 4.79 Å². The van der Waals surface area contributed by atoms with Crippen molar-refractivity contribution in [2.24, 2.45) is 5.73 Å². The Hall–Kier alpha value is -1.84. The molecule has 0 aliphatic heterocycles. The van der Waals surface area contributed by atoms with Crippen LogP contribution < -0.4 is 10.5 Å². The van der Waals surface area contributed by atoms with Crippen LogP contribution in [0.1, 0.15) is 21.7 Å². The van der Waals surface area contributed by atoms with Crippen LogP contribution in [0.2, 0.25) is 0 Å². The predicted molar refractivity (Wildman–Crippen MR) is 49.2 cm³/mol. The zero-order chi connectivity index (χ0) is 14.8. The Balaban J connectivity index is 3.51. The number of carbonyl (C=O) groups excluding carboxylic acids is 1. The Morgan fingerprint density at radius 3 is 2.21 bits per heavy atom. The van der Waals surface area contributed by atoms with Crippen LogP contribution in [0, 0.1) is 0 Å². The minimum Gasteiger partial charge on any atom is -0.405 e. The van der Waals surface area contributed by atoms with Crippen molar-refractivity contribution >= 4 is 6.29 Å². The van der Waals surface area contributed by atoms with Gasteiger partial charge in [0.2, 0.25) is 0 Å². The highest BCUT2D eigenvalue weighted by atomic mass is 19.4. The maximum Gasteiger partial charge on any atom is 0.573 e. The highest BCUT2D eigenvalue weighted by molar-refractivity contribution is 5.76. The van der Waals surface area contributed by atoms with E-state index in [1.54, 1.807) is 0 Å². The third-order valence-electron chi connectivity index (χ3n) is 1.89. The summed E-state index contributed by atoms with van der Waals surface area (Å²) in [5.74, 6) is -1.56. The Kier molecular flexibility index (Phi) is 4.03. The summed E-state index contributed by atoms with van der Waals surface area (Å²) in [7, 11) is 0. The van der Waals surface area contributed by atoms with Crippen LogP contribution >= 0.6 is 0 Å². The van der Waals surface area contributed by atoms with Crippen LogP contribution in [0.25, 0.3) is 0 Å². The second-order valence-corrected chi connectivity index (χ2v) is 3.24. The van der Waals surface area contributed by atoms with E-state index < -0.39 is 36.1 Å². The number of hydrogen-bond donors (Lipinski definition) is 1. The molecule has 106 valence electrons. The largest absolute Gasteiger partial charge is 0.573 e. The van der Waals surface area contributed by atoms with Gasteiger partial charge in [-0.2, -0.15) is 13.2 Å². The SMILES string of the molecule is NCc1cc(OC(F)(F)F)c(C(F)(F)F)c(C=O)n1. The van der Waals surface area contributed by atoms with Crippen molar-refractivity contribution < 1.29 is 35.9 Å². The van der Waals surface area contributed by atoms with E-state index in [0.717, 1.165) is 0 Å². The zero-order valence-electron chi connectivity index (χ0n) is 8.97. The van der Waals surface area contributed by atoms with E-state index in [0.29, 0.717) is 6.07 Å². The van der Waals surface area contributed by atoms with Crippen molar-refractivity contribution in [3.05, 3.63) is 23.0 Å². The predicted octanol–water partition coefficient (Wildman–Crippen LogP) is 2.27. The molecule has 0 aliphatic rings. The number of pyridine rings is 1. The van der Waals surface area contributed by atoms with Gasteiger partial charge in [0.25, 0.3) is 0 Å². The highest BCUT2D eigenvalue weighted by Gasteiger charge is 2.42. The number of rotatable bonds is 3. The molecule has 1 rings (SSSR count). The highest BCUT2D eigenvalue weighted by Crippen LogP contribution is 2.40. The third-order valence-corrected chi connectivity index (χ3v) is 1.89. The molecule has 19 heavy (non-hydrogen) atoms. The second-order valence-electron chi connectivity index (χ2n) is 3.24. The molecule has 0 unspecified atom stereocenters. The van der Waals surface area contributed by atoms with Gasteiger partial charge in [0.05, 0.1) is 5.69 Å². The molecule has 0 aliphatic carbocycles. The van der Waals surface area contributed by atoms with Gasteiger partial charge in [-0.1, -0.05) is 0 Å². The summed E-state index contributed by atoms with van der Waals surface area (Å²) in [5.41, 5.74) is 1.63. The standard InChI is InChI=1S/C9H6F6N2O2/c10-8(11,12)7-5(3-18)17-4(2-16)1-6(7)19-9(13,14)15/h1,3H,2,16H2. The van der Waals surface area contributed by atoms with Gasteiger partial charge in [0, 0.05) is 12.6 Å². The lowest BCUT2D eigenvalue weighted by molar-refractivity contribution is -0.276. The summed E-state index contributed by atoms with van der Waals surface area (Å²) in [4.78, 5) is 13.7. The first kappa shape index (κ1) is 15.2. The topological polar surface area (TPSA) is 65.2 Å². The molecule has 2 N–H and O–H groups in total. The maximum absolute atomic E-state index is 12.6. The molecule has 0 fully saturated rings. The Labute approximate surface area is 102 Å². The van der Waals surface area contributed by atoms with Gasteiger partial charge in [0.15, 0.2) is 6.29 Å². The van der Waals surface area contributed by atoms with Crippen molar-refractivity contribution in [2.45, 2.75) is 19.1 Å². The molecule has 1 heterocycles. The summed E-state index contributed by atoms with van der Waals surface area (Å²) in [6.07, 6.45) is -10.9. The molecule has 0 amide bonds. The Morgan fingerprint density at radius 1 is 1.26 bits per heavy atom. The van der Waals surface area contributed by atoms with E-state index >= 15 is 0 Å². The van der Waals surface area contributed by atoms with Crippen LogP contribution in [0.5, 0.6) is 5.75 Å². The summed E-state index contributed by atoms with van der Waals surface area (Å²) >= 11 is 0. The van der Waals surface area contributed by atoms with Crippen molar-refractivity contribution in [3.63, 3.8) is 0 Å². The van der Waals surface area contributed by atoms with E-state index in [9.17, 15) is 31.1 Å². The summed E-state index contributed by atoms with van der Waals surface area (Å²) < 4.78 is 77.3. The van der Waals surface area contributed by atoms with Gasteiger partial charge in [-0.25, -0.2) is 4.98 Å². The zero-order valence-corrected chi connectivity index (χ0v) is 8.97. The Bertz CT molecular complexity index is 483. The van der Waals surface area contributed by atoms with E-state index in [2.05, 4.69) is 9.72 Å². The number of aldehydes is 1. The molecule has 1 aromatic rings. The van der Waals surface area contributed by atoms with E-state index in [4.69, 9.17) is 5.73 Å². The fourth-order valence-corrected chi connectivity index (χ4v) is 1.27. The van der Waals surface area contributed by atoms with E-state index in [1.807, 2.05) is 0 Å². The van der Waals surface area contributed by atoms with Gasteiger partial charge in [-0.15, -0.1) is 13.2 Å². The lowest BCUT2D eigenvalue weighted by Gasteiger charge is -2.17. The minimum atomic E-state index is -5.34. The number of nitrogens with two attached hydrogens (primary N) is 1. The van der Waals surface area contributed by atoms with Crippen LogP contribution in [0.15, 0.2) is 6.07 Å². The van der Waals surface area contributed by atoms with Crippen molar-refractivity contribution in [1.82, 2.24) is 4.98 Å². The monoisotopic (exact) mass is 288 g/mol. The first-order valence-corrected chi connectivity index (χ1v) is 4.60. The van der Waals surface area contributed by atoms with Crippen molar-refractivity contribution in [3.8, 4) is 5.75 Å². The number of halogens is 6. The maximum atomic E-state index is 12.6. The molecule has 0 radical (unpaired) electrons. The van der Waals surface area contributed by atoms with E-state index in [-0.39, 0.29) is 12.0 Å². The molecule has 0 saturated heterocycles. The molecular formula is C9H6F6N2O2. The van der Waals surface area contributed by atoms with E-state index in [1.165, 1.54) is 0 Å². The quantitative estimate of drug-likeness (QED) is 0.684. The fourth-order valence-electron chi connectivity index (χ4n) is 1.27. The molecule has 0 atom stereocenters. The van der Waals surface area contributed by atoms with Crippen LogP contribution in [0.4, 0.5) is 26.3 Å². The van der Waals surface area contributed by atoms with Gasteiger partial charge in [0.1, 0.15) is 17.0 Å². The van der Waals surface area contributed by atoms with Crippen LogP contribution in [0.3, 0.4) is 0 Å². The lowest BCUT2D eigenvalue weighted by Crippen LogP contribution is -2.22. The number of ether oxygens (including phenoxy) is 1. The average Bonchev–Trinajstić information content (AvgIpc) is 2.23. The molecule has 0 aromatic carbocycles. The summed E-state index contributed by atoms with van der Waals surface area (Å²) in [6, 6.07) is 0.392. The van der Waals surface area contributed by atoms with Gasteiger partial charge < -0.3 is 10.5 Å². The number of alkyl halides is 6. The first-order chi connectivity index (χ1) is 8.58. The number of aromatic nitrogens is 1. The molecule has 0 bridgehead atoms. The number of nitrogens with zero attached hydrogens (tertiary/aromatic N) is 1. The normalized spacial score (nSPS) is 12.4. The second kappa shape index (κ2) is 5.03. The number of carbonyl (C=O) groups is 1. The molecule has 1 aromatic heterocycles. The van der Waals surface area contributed by atoms with Crippen molar-refractivity contribution in [2.75, 3.05) is 0 Å². The van der Waals surface area contributed by atoms with Gasteiger partial charge in [-0.05, 0) is 0 Å². The average molecular weight is 288 g/mol. The first-order valence-electron chi connectivity index (χ1n) is 4.60. The third kappa shape index (κ3) is 3.81. The molecule has 4 nitrogen and oxygen atoms in total. The smallest absolute Gasteiger partial charge is 0.405 e. The Morgan fingerprint density at radius 2 is 1.84 bits per heavy atom. The van der Waals surface area contributed by atoms with Crippen LogP contribution in [-0.2, 0) is 12.7 Å². The van der Waals surface area contributed by atoms with Crippen molar-refractivity contribution in [1.29, 1.82) is 0 Å². The molecular weight excluding hydrogens is 282 g/mol. The molecule has 10 heteroatoms. The molecule has 0 spiro atoms. The van der Waals surface area contributed by atoms with Crippen LogP contribution in [-0.4, -0.2) is 17.6 Å². The minimum absolute atomic E-state index is 0.314. The fraction of sp³-hybridized carbons (Fsp3) is 0.333. The lowest BCUT2D eigenvalue weighted by atomic mass is 10.1. The van der Waals surface area contributed by atoms with Gasteiger partial charge >= 0.3 is 12.5 Å². The number of hydrogen-bond acceptors (Lipinski definition) is 4. The summed E-state index contributed by atoms with van der Waals surface area (Å²) in [6.45, 7) is -0.451.